The molecule has 3 N–H and O–H groups in total. The summed E-state index contributed by atoms with van der Waals surface area (Å²) in [4.78, 5) is 10.2. The Balaban J connectivity index is 0.000001000. The number of aliphatic carboxylic acids is 1. The van der Waals surface area contributed by atoms with E-state index in [4.69, 9.17) is 5.11 Å². The zero-order valence-electron chi connectivity index (χ0n) is 6.04. The molecular weight excluding hydrogens is 170 g/mol. The van der Waals surface area contributed by atoms with Crippen molar-refractivity contribution in [1.29, 1.82) is 0 Å². The number of hydrogen-bond donors (Lipinski definition) is 3. The van der Waals surface area contributed by atoms with Crippen LogP contribution in [0.1, 0.15) is 12.8 Å². The van der Waals surface area contributed by atoms with Crippen molar-refractivity contribution in [1.82, 2.24) is 5.32 Å². The molecule has 1 aliphatic rings. The second kappa shape index (κ2) is 3.90. The number of aliphatic hydroxyl groups is 1. The van der Waals surface area contributed by atoms with E-state index in [9.17, 15) is 9.90 Å². The number of carbonyl (C=O) groups is 1. The first-order valence-electron chi connectivity index (χ1n) is 3.27. The maximum Gasteiger partial charge on any atom is 0.306 e. The Morgan fingerprint density at radius 3 is 2.64 bits per heavy atom. The normalized spacial score (nSPS) is 29.5. The Kier molecular flexibility index (Phi) is 3.78. The van der Waals surface area contributed by atoms with Gasteiger partial charge in [0.1, 0.15) is 0 Å². The molecule has 5 heteroatoms. The number of carboxylic acid groups (broad SMARTS) is 1. The highest BCUT2D eigenvalue weighted by atomic mass is 35.5. The zero-order valence-corrected chi connectivity index (χ0v) is 6.86. The van der Waals surface area contributed by atoms with Gasteiger partial charge in [-0.25, -0.2) is 0 Å². The highest BCUT2D eigenvalue weighted by molar-refractivity contribution is 5.85. The third-order valence-electron chi connectivity index (χ3n) is 1.70. The number of halogens is 1. The van der Waals surface area contributed by atoms with Gasteiger partial charge in [0.25, 0.3) is 0 Å². The summed E-state index contributed by atoms with van der Waals surface area (Å²) in [6, 6.07) is 0. The van der Waals surface area contributed by atoms with Crippen molar-refractivity contribution in [3.8, 4) is 0 Å². The van der Waals surface area contributed by atoms with Gasteiger partial charge in [-0.2, -0.15) is 0 Å². The van der Waals surface area contributed by atoms with Gasteiger partial charge in [0.2, 0.25) is 0 Å². The van der Waals surface area contributed by atoms with Gasteiger partial charge in [0.05, 0.1) is 12.0 Å². The van der Waals surface area contributed by atoms with Crippen LogP contribution in [0.5, 0.6) is 0 Å². The van der Waals surface area contributed by atoms with E-state index in [1.165, 1.54) is 0 Å². The third kappa shape index (κ3) is 3.05. The van der Waals surface area contributed by atoms with Crippen LogP contribution in [0.4, 0.5) is 0 Å². The summed E-state index contributed by atoms with van der Waals surface area (Å²) in [7, 11) is 0. The summed E-state index contributed by atoms with van der Waals surface area (Å²) in [5, 5.41) is 20.7. The Bertz CT molecular complexity index is 145. The molecule has 0 aromatic carbocycles. The SMILES string of the molecule is Cl.O=C(O)CC1(O)CCNC1. The van der Waals surface area contributed by atoms with Gasteiger partial charge >= 0.3 is 5.97 Å². The molecule has 4 nitrogen and oxygen atoms in total. The Hall–Kier alpha value is -0.320. The molecule has 0 aromatic heterocycles. The molecule has 1 heterocycles. The first-order valence-corrected chi connectivity index (χ1v) is 3.27. The Morgan fingerprint density at radius 1 is 1.64 bits per heavy atom. The van der Waals surface area contributed by atoms with E-state index < -0.39 is 11.6 Å². The summed E-state index contributed by atoms with van der Waals surface area (Å²) in [6.07, 6.45) is 0.388. The summed E-state index contributed by atoms with van der Waals surface area (Å²) >= 11 is 0. The number of carboxylic acids is 1. The number of hydrogen-bond acceptors (Lipinski definition) is 3. The maximum absolute atomic E-state index is 10.2. The molecule has 1 unspecified atom stereocenters. The summed E-state index contributed by atoms with van der Waals surface area (Å²) in [5.41, 5.74) is -0.994. The van der Waals surface area contributed by atoms with Crippen molar-refractivity contribution in [3.05, 3.63) is 0 Å². The smallest absolute Gasteiger partial charge is 0.306 e. The molecule has 1 saturated heterocycles. The summed E-state index contributed by atoms with van der Waals surface area (Å²) in [5.74, 6) is -0.939. The first kappa shape index (κ1) is 10.7. The molecule has 0 aromatic rings. The number of β-amino-alcohol motifs (C(OH)–C–C–N with tert-alkyl or cyclic N) is 1. The molecule has 0 amide bonds. The minimum absolute atomic E-state index is 0. The Labute approximate surface area is 71.0 Å². The lowest BCUT2D eigenvalue weighted by molar-refractivity contribution is -0.141. The highest BCUT2D eigenvalue weighted by Crippen LogP contribution is 2.17. The topological polar surface area (TPSA) is 69.6 Å². The van der Waals surface area contributed by atoms with E-state index in [1.54, 1.807) is 0 Å². The molecule has 1 rings (SSSR count). The quantitative estimate of drug-likeness (QED) is 0.543. The average molecular weight is 182 g/mol. The van der Waals surface area contributed by atoms with Gasteiger partial charge < -0.3 is 15.5 Å². The van der Waals surface area contributed by atoms with Gasteiger partial charge in [-0.15, -0.1) is 12.4 Å². The number of rotatable bonds is 2. The largest absolute Gasteiger partial charge is 0.481 e. The summed E-state index contributed by atoms with van der Waals surface area (Å²) in [6.45, 7) is 1.11. The fourth-order valence-electron chi connectivity index (χ4n) is 1.16. The van der Waals surface area contributed by atoms with E-state index in [-0.39, 0.29) is 18.8 Å². The lowest BCUT2D eigenvalue weighted by Crippen LogP contribution is -2.33. The van der Waals surface area contributed by atoms with Crippen LogP contribution < -0.4 is 5.32 Å². The molecular formula is C6H12ClNO3. The van der Waals surface area contributed by atoms with Crippen LogP contribution in [0.3, 0.4) is 0 Å². The zero-order chi connectivity index (χ0) is 7.61. The van der Waals surface area contributed by atoms with E-state index in [0.717, 1.165) is 0 Å². The van der Waals surface area contributed by atoms with Crippen LogP contribution in [0.2, 0.25) is 0 Å². The van der Waals surface area contributed by atoms with Gasteiger partial charge in [-0.1, -0.05) is 0 Å². The van der Waals surface area contributed by atoms with Crippen molar-refractivity contribution >= 4 is 18.4 Å². The van der Waals surface area contributed by atoms with Crippen molar-refractivity contribution in [3.63, 3.8) is 0 Å². The molecule has 1 fully saturated rings. The van der Waals surface area contributed by atoms with E-state index >= 15 is 0 Å². The maximum atomic E-state index is 10.2. The van der Waals surface area contributed by atoms with Gasteiger partial charge in [0.15, 0.2) is 0 Å². The van der Waals surface area contributed by atoms with E-state index in [1.807, 2.05) is 0 Å². The molecule has 0 radical (unpaired) electrons. The molecule has 0 saturated carbocycles. The Morgan fingerprint density at radius 2 is 2.27 bits per heavy atom. The van der Waals surface area contributed by atoms with Gasteiger partial charge in [0, 0.05) is 6.54 Å². The van der Waals surface area contributed by atoms with Crippen LogP contribution in [0, 0.1) is 0 Å². The minimum atomic E-state index is -0.994. The van der Waals surface area contributed by atoms with Crippen molar-refractivity contribution in [2.75, 3.05) is 13.1 Å². The van der Waals surface area contributed by atoms with Crippen LogP contribution in [0.15, 0.2) is 0 Å². The molecule has 0 aliphatic carbocycles. The van der Waals surface area contributed by atoms with Crippen molar-refractivity contribution < 1.29 is 15.0 Å². The fourth-order valence-corrected chi connectivity index (χ4v) is 1.16. The van der Waals surface area contributed by atoms with Crippen molar-refractivity contribution in [2.24, 2.45) is 0 Å². The summed E-state index contributed by atoms with van der Waals surface area (Å²) < 4.78 is 0. The molecule has 0 spiro atoms. The van der Waals surface area contributed by atoms with Crippen LogP contribution >= 0.6 is 12.4 Å². The monoisotopic (exact) mass is 181 g/mol. The third-order valence-corrected chi connectivity index (χ3v) is 1.70. The molecule has 11 heavy (non-hydrogen) atoms. The second-order valence-electron chi connectivity index (χ2n) is 2.72. The van der Waals surface area contributed by atoms with Crippen LogP contribution in [-0.4, -0.2) is 34.9 Å². The van der Waals surface area contributed by atoms with Gasteiger partial charge in [-0.3, -0.25) is 4.79 Å². The predicted octanol–water partition coefficient (Wildman–Crippen LogP) is -0.393. The van der Waals surface area contributed by atoms with Gasteiger partial charge in [-0.05, 0) is 13.0 Å². The lowest BCUT2D eigenvalue weighted by Gasteiger charge is -2.17. The van der Waals surface area contributed by atoms with E-state index in [2.05, 4.69) is 5.32 Å². The molecule has 66 valence electrons. The van der Waals surface area contributed by atoms with E-state index in [0.29, 0.717) is 19.5 Å². The molecule has 0 bridgehead atoms. The molecule has 1 aliphatic heterocycles. The average Bonchev–Trinajstić information content (AvgIpc) is 2.12. The number of nitrogens with one attached hydrogen (secondary N) is 1. The minimum Gasteiger partial charge on any atom is -0.481 e. The van der Waals surface area contributed by atoms with Crippen LogP contribution in [0.25, 0.3) is 0 Å². The standard InChI is InChI=1S/C6H11NO3.ClH/c8-5(9)3-6(10)1-2-7-4-6;/h7,10H,1-4H2,(H,8,9);1H. The second-order valence-corrected chi connectivity index (χ2v) is 2.72. The fraction of sp³-hybridized carbons (Fsp3) is 0.833. The lowest BCUT2D eigenvalue weighted by atomic mass is 9.99. The predicted molar refractivity (Wildman–Crippen MR) is 41.9 cm³/mol. The highest BCUT2D eigenvalue weighted by Gasteiger charge is 2.33. The van der Waals surface area contributed by atoms with Crippen molar-refractivity contribution in [2.45, 2.75) is 18.4 Å². The molecule has 1 atom stereocenters. The first-order chi connectivity index (χ1) is 4.62. The van der Waals surface area contributed by atoms with Crippen LogP contribution in [-0.2, 0) is 4.79 Å².